The Bertz CT molecular complexity index is 508. The van der Waals surface area contributed by atoms with E-state index in [0.717, 1.165) is 11.1 Å². The van der Waals surface area contributed by atoms with Crippen LogP contribution < -0.4 is 14.8 Å². The Labute approximate surface area is 137 Å². The summed E-state index contributed by atoms with van der Waals surface area (Å²) in [6.07, 6.45) is 0. The van der Waals surface area contributed by atoms with Crippen molar-refractivity contribution in [2.24, 2.45) is 0 Å². The van der Waals surface area contributed by atoms with E-state index >= 15 is 0 Å². The molecule has 0 spiro atoms. The first-order valence-corrected chi connectivity index (χ1v) is 7.58. The Balaban J connectivity index is 3.05. The molecule has 118 valence electrons. The molecule has 1 rings (SSSR count). The quantitative estimate of drug-likeness (QED) is 0.815. The molecule has 0 saturated heterocycles. The van der Waals surface area contributed by atoms with E-state index in [1.807, 2.05) is 13.0 Å². The van der Waals surface area contributed by atoms with E-state index < -0.39 is 0 Å². The highest BCUT2D eigenvalue weighted by molar-refractivity contribution is 6.30. The molecule has 1 aromatic carbocycles. The molecule has 0 unspecified atom stereocenters. The normalized spacial score (nSPS) is 12.4. The van der Waals surface area contributed by atoms with Crippen LogP contribution >= 0.6 is 23.2 Å². The second kappa shape index (κ2) is 7.92. The second-order valence-electron chi connectivity index (χ2n) is 5.94. The smallest absolute Gasteiger partial charge is 0.166 e. The summed E-state index contributed by atoms with van der Waals surface area (Å²) in [6.45, 7) is 9.27. The van der Waals surface area contributed by atoms with Gasteiger partial charge in [0, 0.05) is 34.3 Å². The van der Waals surface area contributed by atoms with Gasteiger partial charge in [0.25, 0.3) is 0 Å². The minimum atomic E-state index is -0.00121. The van der Waals surface area contributed by atoms with E-state index in [-0.39, 0.29) is 5.54 Å². The van der Waals surface area contributed by atoms with Crippen LogP contribution in [0.5, 0.6) is 11.5 Å². The molecular formula is C16H23Cl2NO2. The maximum Gasteiger partial charge on any atom is 0.166 e. The fraction of sp³-hybridized carbons (Fsp3) is 0.500. The topological polar surface area (TPSA) is 30.5 Å². The van der Waals surface area contributed by atoms with Crippen LogP contribution in [0.15, 0.2) is 23.2 Å². The maximum absolute atomic E-state index is 6.14. The van der Waals surface area contributed by atoms with Gasteiger partial charge in [0.2, 0.25) is 0 Å². The summed E-state index contributed by atoms with van der Waals surface area (Å²) in [5.41, 5.74) is 3.40. The highest BCUT2D eigenvalue weighted by atomic mass is 35.5. The summed E-state index contributed by atoms with van der Waals surface area (Å²) in [6, 6.07) is 3.63. The Kier molecular flexibility index (Phi) is 6.85. The molecule has 0 aliphatic rings. The minimum Gasteiger partial charge on any atom is -0.493 e. The van der Waals surface area contributed by atoms with Crippen LogP contribution in [0, 0.1) is 0 Å². The van der Waals surface area contributed by atoms with Gasteiger partial charge in [0.05, 0.1) is 7.11 Å². The largest absolute Gasteiger partial charge is 0.493 e. The zero-order valence-electron chi connectivity index (χ0n) is 13.2. The van der Waals surface area contributed by atoms with E-state index in [9.17, 15) is 0 Å². The first-order valence-electron chi connectivity index (χ1n) is 6.77. The predicted octanol–water partition coefficient (Wildman–Crippen LogP) is 4.76. The third-order valence-corrected chi connectivity index (χ3v) is 3.35. The van der Waals surface area contributed by atoms with Gasteiger partial charge in [-0.2, -0.15) is 0 Å². The van der Waals surface area contributed by atoms with Crippen LogP contribution in [0.3, 0.4) is 0 Å². The lowest BCUT2D eigenvalue weighted by Crippen LogP contribution is -2.35. The van der Waals surface area contributed by atoms with E-state index in [1.165, 1.54) is 5.54 Å². The Morgan fingerprint density at radius 1 is 1.33 bits per heavy atom. The first-order chi connectivity index (χ1) is 9.76. The number of hydrogen-bond acceptors (Lipinski definition) is 3. The molecule has 0 aliphatic heterocycles. The highest BCUT2D eigenvalue weighted by Crippen LogP contribution is 2.35. The molecule has 0 amide bonds. The van der Waals surface area contributed by atoms with Crippen molar-refractivity contribution < 1.29 is 9.47 Å². The van der Waals surface area contributed by atoms with Gasteiger partial charge in [0.1, 0.15) is 6.61 Å². The number of methoxy groups -OCH3 is 1. The first kappa shape index (κ1) is 18.1. The molecule has 0 saturated carbocycles. The molecule has 21 heavy (non-hydrogen) atoms. The van der Waals surface area contributed by atoms with Crippen molar-refractivity contribution in [2.75, 3.05) is 13.7 Å². The maximum atomic E-state index is 6.14. The summed E-state index contributed by atoms with van der Waals surface area (Å²) in [5, 5.41) is 4.04. The monoisotopic (exact) mass is 331 g/mol. The van der Waals surface area contributed by atoms with Gasteiger partial charge in [-0.1, -0.05) is 23.2 Å². The summed E-state index contributed by atoms with van der Waals surface area (Å²) in [7, 11) is 1.60. The third-order valence-electron chi connectivity index (χ3n) is 2.76. The Hall–Kier alpha value is -0.900. The van der Waals surface area contributed by atoms with E-state index in [0.29, 0.717) is 29.7 Å². The Morgan fingerprint density at radius 3 is 2.52 bits per heavy atom. The van der Waals surface area contributed by atoms with Crippen molar-refractivity contribution in [1.29, 1.82) is 0 Å². The van der Waals surface area contributed by atoms with E-state index in [4.69, 9.17) is 32.7 Å². The van der Waals surface area contributed by atoms with Gasteiger partial charge in [-0.15, -0.1) is 0 Å². The van der Waals surface area contributed by atoms with Crippen molar-refractivity contribution in [1.82, 2.24) is 5.32 Å². The fourth-order valence-corrected chi connectivity index (χ4v) is 1.94. The van der Waals surface area contributed by atoms with Gasteiger partial charge < -0.3 is 14.8 Å². The second-order valence-corrected chi connectivity index (χ2v) is 6.60. The predicted molar refractivity (Wildman–Crippen MR) is 89.7 cm³/mol. The summed E-state index contributed by atoms with van der Waals surface area (Å²) < 4.78 is 11.2. The number of benzene rings is 1. The molecule has 0 fully saturated rings. The number of nitrogens with one attached hydrogen (secondary N) is 1. The highest BCUT2D eigenvalue weighted by Gasteiger charge is 2.16. The molecule has 0 aliphatic carbocycles. The van der Waals surface area contributed by atoms with Gasteiger partial charge >= 0.3 is 0 Å². The number of ether oxygens (including phenoxy) is 2. The average molecular weight is 332 g/mol. The molecule has 5 heteroatoms. The molecule has 0 bridgehead atoms. The molecule has 0 aromatic heterocycles. The lowest BCUT2D eigenvalue weighted by atomic mass is 10.1. The molecule has 1 N–H and O–H groups in total. The summed E-state index contributed by atoms with van der Waals surface area (Å²) >= 11 is 11.8. The fourth-order valence-electron chi connectivity index (χ4n) is 1.65. The van der Waals surface area contributed by atoms with Crippen LogP contribution in [0.4, 0.5) is 0 Å². The van der Waals surface area contributed by atoms with Crippen molar-refractivity contribution in [3.8, 4) is 11.5 Å². The molecule has 1 aromatic rings. The van der Waals surface area contributed by atoms with Crippen molar-refractivity contribution in [2.45, 2.75) is 39.8 Å². The molecule has 0 atom stereocenters. The van der Waals surface area contributed by atoms with Gasteiger partial charge in [0.15, 0.2) is 11.5 Å². The zero-order valence-corrected chi connectivity index (χ0v) is 14.7. The zero-order chi connectivity index (χ0) is 16.0. The van der Waals surface area contributed by atoms with E-state index in [2.05, 4.69) is 26.1 Å². The van der Waals surface area contributed by atoms with Crippen molar-refractivity contribution >= 4 is 23.2 Å². The summed E-state index contributed by atoms with van der Waals surface area (Å²) in [4.78, 5) is 0. The summed E-state index contributed by atoms with van der Waals surface area (Å²) in [5.74, 6) is 1.31. The average Bonchev–Trinajstić information content (AvgIpc) is 2.41. The number of hydrogen-bond donors (Lipinski definition) is 1. The molecule has 0 heterocycles. The van der Waals surface area contributed by atoms with Crippen LogP contribution in [0.1, 0.15) is 33.3 Å². The van der Waals surface area contributed by atoms with Gasteiger partial charge in [-0.25, -0.2) is 0 Å². The standard InChI is InChI=1S/C16H23Cl2NO2/c1-11(8-17)10-21-15-12(9-19-16(2,3)4)6-13(18)7-14(15)20-5/h6-8,19H,9-10H2,1-5H3/b11-8+. The minimum absolute atomic E-state index is 0.00121. The van der Waals surface area contributed by atoms with E-state index in [1.54, 1.807) is 13.2 Å². The SMILES string of the molecule is COc1cc(Cl)cc(CNC(C)(C)C)c1OC/C(C)=C/Cl. The van der Waals surface area contributed by atoms with Gasteiger partial charge in [-0.05, 0) is 39.3 Å². The van der Waals surface area contributed by atoms with Crippen LogP contribution in [0.2, 0.25) is 5.02 Å². The van der Waals surface area contributed by atoms with Crippen LogP contribution in [0.25, 0.3) is 0 Å². The van der Waals surface area contributed by atoms with Crippen LogP contribution in [-0.2, 0) is 6.54 Å². The number of rotatable bonds is 6. The Morgan fingerprint density at radius 2 is 2.00 bits per heavy atom. The van der Waals surface area contributed by atoms with Crippen LogP contribution in [-0.4, -0.2) is 19.3 Å². The lowest BCUT2D eigenvalue weighted by molar-refractivity contribution is 0.313. The van der Waals surface area contributed by atoms with Crippen molar-refractivity contribution in [3.63, 3.8) is 0 Å². The van der Waals surface area contributed by atoms with Gasteiger partial charge in [-0.3, -0.25) is 0 Å². The molecular weight excluding hydrogens is 309 g/mol. The molecule has 3 nitrogen and oxygen atoms in total. The lowest BCUT2D eigenvalue weighted by Gasteiger charge is -2.22. The van der Waals surface area contributed by atoms with Crippen molar-refractivity contribution in [3.05, 3.63) is 33.8 Å². The third kappa shape index (κ3) is 6.16. The molecule has 0 radical (unpaired) electrons. The number of halogens is 2.